The van der Waals surface area contributed by atoms with Gasteiger partial charge in [-0.15, -0.1) is 0 Å². The van der Waals surface area contributed by atoms with Crippen molar-refractivity contribution < 1.29 is 9.59 Å². The molecule has 1 atom stereocenters. The number of nitriles is 1. The first-order valence-electron chi connectivity index (χ1n) is 9.70. The molecule has 1 unspecified atom stereocenters. The van der Waals surface area contributed by atoms with E-state index in [-0.39, 0.29) is 29.9 Å². The lowest BCUT2D eigenvalue weighted by molar-refractivity contribution is -0.121. The van der Waals surface area contributed by atoms with Gasteiger partial charge in [-0.05, 0) is 35.2 Å². The van der Waals surface area contributed by atoms with Gasteiger partial charge in [0.15, 0.2) is 0 Å². The predicted molar refractivity (Wildman–Crippen MR) is 126 cm³/mol. The number of rotatable bonds is 6. The van der Waals surface area contributed by atoms with E-state index < -0.39 is 0 Å². The average molecular weight is 474 g/mol. The number of nitrogens with one attached hydrogen (secondary N) is 2. The van der Waals surface area contributed by atoms with Gasteiger partial charge in [0.05, 0.1) is 32.5 Å². The number of benzene rings is 2. The molecule has 1 aliphatic rings. The zero-order chi connectivity index (χ0) is 22.5. The van der Waals surface area contributed by atoms with Crippen molar-refractivity contribution in [2.75, 3.05) is 11.1 Å². The Kier molecular flexibility index (Phi) is 7.66. The molecular formula is C23H21Cl2N3O2S. The lowest BCUT2D eigenvalue weighted by Crippen LogP contribution is -2.31. The molecule has 0 saturated carbocycles. The van der Waals surface area contributed by atoms with E-state index in [0.29, 0.717) is 32.3 Å². The number of amides is 2. The number of carbonyl (C=O) groups excluding carboxylic acids is 2. The first kappa shape index (κ1) is 23.2. The SMILES string of the molecule is CC(C)c1ccc(C2CC(=O)NC(SCC(=O)Nc3ccc(Cl)c(Cl)c3)=C2C#N)cc1. The summed E-state index contributed by atoms with van der Waals surface area (Å²) in [5.41, 5.74) is 3.09. The molecule has 2 N–H and O–H groups in total. The molecule has 2 aromatic rings. The molecule has 0 saturated heterocycles. The largest absolute Gasteiger partial charge is 0.325 e. The maximum atomic E-state index is 12.4. The van der Waals surface area contributed by atoms with Gasteiger partial charge < -0.3 is 10.6 Å². The number of nitrogens with zero attached hydrogens (tertiary/aromatic N) is 1. The fourth-order valence-corrected chi connectivity index (χ4v) is 4.41. The van der Waals surface area contributed by atoms with E-state index in [0.717, 1.165) is 17.3 Å². The number of carbonyl (C=O) groups is 2. The maximum absolute atomic E-state index is 12.4. The third-order valence-electron chi connectivity index (χ3n) is 4.91. The Labute approximate surface area is 195 Å². The van der Waals surface area contributed by atoms with Crippen LogP contribution in [0.3, 0.4) is 0 Å². The highest BCUT2D eigenvalue weighted by molar-refractivity contribution is 8.03. The Morgan fingerprint density at radius 3 is 2.55 bits per heavy atom. The third kappa shape index (κ3) is 5.82. The maximum Gasteiger partial charge on any atom is 0.234 e. The van der Waals surface area contributed by atoms with E-state index in [1.54, 1.807) is 18.2 Å². The van der Waals surface area contributed by atoms with Crippen molar-refractivity contribution >= 4 is 52.5 Å². The molecule has 0 bridgehead atoms. The number of anilines is 1. The van der Waals surface area contributed by atoms with Crippen LogP contribution in [0.25, 0.3) is 0 Å². The molecule has 160 valence electrons. The van der Waals surface area contributed by atoms with E-state index in [1.165, 1.54) is 5.56 Å². The summed E-state index contributed by atoms with van der Waals surface area (Å²) in [6.07, 6.45) is 0.198. The second-order valence-corrected chi connectivity index (χ2v) is 9.25. The van der Waals surface area contributed by atoms with Gasteiger partial charge in [0, 0.05) is 18.0 Å². The third-order valence-corrected chi connectivity index (χ3v) is 6.67. The molecule has 1 aliphatic heterocycles. The van der Waals surface area contributed by atoms with Gasteiger partial charge in [-0.25, -0.2) is 0 Å². The van der Waals surface area contributed by atoms with Crippen molar-refractivity contribution in [2.45, 2.75) is 32.1 Å². The van der Waals surface area contributed by atoms with Crippen LogP contribution in [0.4, 0.5) is 5.69 Å². The van der Waals surface area contributed by atoms with Crippen LogP contribution in [0.2, 0.25) is 10.0 Å². The fraction of sp³-hybridized carbons (Fsp3) is 0.261. The summed E-state index contributed by atoms with van der Waals surface area (Å²) in [5, 5.41) is 16.4. The number of thioether (sulfide) groups is 1. The van der Waals surface area contributed by atoms with E-state index >= 15 is 0 Å². The summed E-state index contributed by atoms with van der Waals surface area (Å²) >= 11 is 13.0. The number of hydrogen-bond acceptors (Lipinski definition) is 4. The molecule has 0 aromatic heterocycles. The molecule has 31 heavy (non-hydrogen) atoms. The monoisotopic (exact) mass is 473 g/mol. The summed E-state index contributed by atoms with van der Waals surface area (Å²) < 4.78 is 0. The molecular weight excluding hydrogens is 453 g/mol. The van der Waals surface area contributed by atoms with Crippen molar-refractivity contribution in [1.82, 2.24) is 5.32 Å². The summed E-state index contributed by atoms with van der Waals surface area (Å²) in [7, 11) is 0. The highest BCUT2D eigenvalue weighted by Crippen LogP contribution is 2.36. The molecule has 3 rings (SSSR count). The van der Waals surface area contributed by atoms with Crippen LogP contribution in [0.1, 0.15) is 43.2 Å². The van der Waals surface area contributed by atoms with Crippen LogP contribution >= 0.6 is 35.0 Å². The first-order chi connectivity index (χ1) is 14.8. The number of allylic oxidation sites excluding steroid dienone is 1. The van der Waals surface area contributed by atoms with Crippen molar-refractivity contribution in [2.24, 2.45) is 0 Å². The van der Waals surface area contributed by atoms with Gasteiger partial charge in [0.1, 0.15) is 0 Å². The summed E-state index contributed by atoms with van der Waals surface area (Å²) in [6.45, 7) is 4.23. The van der Waals surface area contributed by atoms with Crippen LogP contribution in [-0.4, -0.2) is 17.6 Å². The highest BCUT2D eigenvalue weighted by atomic mass is 35.5. The van der Waals surface area contributed by atoms with E-state index in [4.69, 9.17) is 23.2 Å². The van der Waals surface area contributed by atoms with Gasteiger partial charge in [0.2, 0.25) is 11.8 Å². The van der Waals surface area contributed by atoms with E-state index in [1.807, 2.05) is 24.3 Å². The minimum atomic E-state index is -0.333. The molecule has 5 nitrogen and oxygen atoms in total. The Hall–Kier alpha value is -2.46. The Balaban J connectivity index is 1.74. The van der Waals surface area contributed by atoms with Crippen molar-refractivity contribution in [3.05, 3.63) is 74.2 Å². The zero-order valence-corrected chi connectivity index (χ0v) is 19.4. The smallest absolute Gasteiger partial charge is 0.234 e. The lowest BCUT2D eigenvalue weighted by Gasteiger charge is -2.25. The van der Waals surface area contributed by atoms with Crippen LogP contribution in [0.15, 0.2) is 53.1 Å². The fourth-order valence-electron chi connectivity index (χ4n) is 3.24. The zero-order valence-electron chi connectivity index (χ0n) is 17.0. The lowest BCUT2D eigenvalue weighted by atomic mass is 9.86. The molecule has 0 spiro atoms. The van der Waals surface area contributed by atoms with E-state index in [9.17, 15) is 14.9 Å². The summed E-state index contributed by atoms with van der Waals surface area (Å²) in [4.78, 5) is 24.7. The van der Waals surface area contributed by atoms with E-state index in [2.05, 4.69) is 30.6 Å². The average Bonchev–Trinajstić information content (AvgIpc) is 2.74. The second-order valence-electron chi connectivity index (χ2n) is 7.45. The number of hydrogen-bond donors (Lipinski definition) is 2. The van der Waals surface area contributed by atoms with Gasteiger partial charge in [-0.1, -0.05) is 73.1 Å². The number of halogens is 2. The van der Waals surface area contributed by atoms with Crippen molar-refractivity contribution in [1.29, 1.82) is 5.26 Å². The standard InChI is InChI=1S/C23H21Cl2N3O2S/c1-13(2)14-3-5-15(6-4-14)17-10-21(29)28-23(18(17)11-26)31-12-22(30)27-16-7-8-19(24)20(25)9-16/h3-9,13,17H,10,12H2,1-2H3,(H,27,30)(H,28,29). The quantitative estimate of drug-likeness (QED) is 0.552. The molecule has 0 aliphatic carbocycles. The molecule has 1 heterocycles. The summed E-state index contributed by atoms with van der Waals surface area (Å²) in [5.74, 6) is -0.370. The van der Waals surface area contributed by atoms with Crippen LogP contribution in [0, 0.1) is 11.3 Å². The van der Waals surface area contributed by atoms with Crippen LogP contribution < -0.4 is 10.6 Å². The first-order valence-corrected chi connectivity index (χ1v) is 11.4. The van der Waals surface area contributed by atoms with Gasteiger partial charge in [-0.3, -0.25) is 9.59 Å². The predicted octanol–water partition coefficient (Wildman–Crippen LogP) is 5.83. The molecule has 2 aromatic carbocycles. The molecule has 0 radical (unpaired) electrons. The highest BCUT2D eigenvalue weighted by Gasteiger charge is 2.30. The van der Waals surface area contributed by atoms with Crippen molar-refractivity contribution in [3.8, 4) is 6.07 Å². The van der Waals surface area contributed by atoms with Gasteiger partial charge in [0.25, 0.3) is 0 Å². The Bertz CT molecular complexity index is 1080. The normalized spacial score (nSPS) is 16.1. The second kappa shape index (κ2) is 10.2. The van der Waals surface area contributed by atoms with Crippen molar-refractivity contribution in [3.63, 3.8) is 0 Å². The summed E-state index contributed by atoms with van der Waals surface area (Å²) in [6, 6.07) is 15.0. The topological polar surface area (TPSA) is 82.0 Å². The van der Waals surface area contributed by atoms with Crippen LogP contribution in [-0.2, 0) is 9.59 Å². The minimum Gasteiger partial charge on any atom is -0.325 e. The Morgan fingerprint density at radius 2 is 1.94 bits per heavy atom. The molecule has 2 amide bonds. The van der Waals surface area contributed by atoms with Gasteiger partial charge in [-0.2, -0.15) is 5.26 Å². The minimum absolute atomic E-state index is 0.0278. The molecule has 0 fully saturated rings. The molecule has 8 heteroatoms. The Morgan fingerprint density at radius 1 is 1.23 bits per heavy atom. The van der Waals surface area contributed by atoms with Gasteiger partial charge >= 0.3 is 0 Å². The van der Waals surface area contributed by atoms with Crippen LogP contribution in [0.5, 0.6) is 0 Å².